The topological polar surface area (TPSA) is 35.5 Å². The highest BCUT2D eigenvalue weighted by molar-refractivity contribution is 6.09. The van der Waals surface area contributed by atoms with Gasteiger partial charge in [0.05, 0.1) is 6.10 Å². The van der Waals surface area contributed by atoms with Crippen LogP contribution in [-0.4, -0.2) is 11.9 Å². The van der Waals surface area contributed by atoms with E-state index in [2.05, 4.69) is 20.8 Å². The molecule has 0 aliphatic rings. The first-order chi connectivity index (χ1) is 14.1. The van der Waals surface area contributed by atoms with Crippen molar-refractivity contribution in [3.05, 3.63) is 89.0 Å². The predicted molar refractivity (Wildman–Crippen MR) is 122 cm³/mol. The molecule has 0 saturated heterocycles. The summed E-state index contributed by atoms with van der Waals surface area (Å²) in [4.78, 5) is 12.8. The molecule has 3 aromatic carbocycles. The Morgan fingerprint density at radius 1 is 0.800 bits per heavy atom. The number of benzene rings is 3. The van der Waals surface area contributed by atoms with E-state index >= 15 is 0 Å². The third-order valence-electron chi connectivity index (χ3n) is 4.88. The van der Waals surface area contributed by atoms with Crippen molar-refractivity contribution in [1.82, 2.24) is 0 Å². The second kappa shape index (κ2) is 8.74. The number of aryl methyl sites for hydroxylation is 1. The summed E-state index contributed by atoms with van der Waals surface area (Å²) in [6, 6.07) is 20.9. The van der Waals surface area contributed by atoms with Gasteiger partial charge in [-0.25, -0.2) is 0 Å². The SMILES string of the molecule is Cc1cc(OC(C)C)ccc1Oc1ccc(C(=O)c2ccc(C(C)(C)C)cc2)cc1. The van der Waals surface area contributed by atoms with Gasteiger partial charge in [0.1, 0.15) is 17.2 Å². The number of hydrogen-bond donors (Lipinski definition) is 0. The third-order valence-corrected chi connectivity index (χ3v) is 4.88. The average molecular weight is 403 g/mol. The normalized spacial score (nSPS) is 11.4. The van der Waals surface area contributed by atoms with Crippen LogP contribution >= 0.6 is 0 Å². The van der Waals surface area contributed by atoms with Crippen molar-refractivity contribution in [2.24, 2.45) is 0 Å². The van der Waals surface area contributed by atoms with Gasteiger partial charge in [-0.3, -0.25) is 4.79 Å². The van der Waals surface area contributed by atoms with Gasteiger partial charge in [-0.15, -0.1) is 0 Å². The molecule has 0 atom stereocenters. The zero-order chi connectivity index (χ0) is 21.9. The van der Waals surface area contributed by atoms with E-state index in [-0.39, 0.29) is 17.3 Å². The predicted octanol–water partition coefficient (Wildman–Crippen LogP) is 7.10. The number of ether oxygens (including phenoxy) is 2. The molecule has 0 aromatic heterocycles. The van der Waals surface area contributed by atoms with E-state index in [9.17, 15) is 4.79 Å². The fraction of sp³-hybridized carbons (Fsp3) is 0.296. The minimum atomic E-state index is 0.00776. The third kappa shape index (κ3) is 5.29. The van der Waals surface area contributed by atoms with Crippen LogP contribution in [0.25, 0.3) is 0 Å². The van der Waals surface area contributed by atoms with Crippen LogP contribution in [-0.2, 0) is 5.41 Å². The summed E-state index contributed by atoms with van der Waals surface area (Å²) in [7, 11) is 0. The molecule has 0 radical (unpaired) electrons. The number of carbonyl (C=O) groups is 1. The van der Waals surface area contributed by atoms with Gasteiger partial charge in [-0.2, -0.15) is 0 Å². The maximum atomic E-state index is 12.8. The maximum Gasteiger partial charge on any atom is 0.193 e. The molecular formula is C27H30O3. The molecule has 156 valence electrons. The lowest BCUT2D eigenvalue weighted by molar-refractivity contribution is 0.103. The number of carbonyl (C=O) groups excluding carboxylic acids is 1. The highest BCUT2D eigenvalue weighted by Crippen LogP contribution is 2.29. The van der Waals surface area contributed by atoms with Crippen LogP contribution in [0.15, 0.2) is 66.7 Å². The van der Waals surface area contributed by atoms with Gasteiger partial charge < -0.3 is 9.47 Å². The van der Waals surface area contributed by atoms with Gasteiger partial charge in [0.2, 0.25) is 0 Å². The number of ketones is 1. The van der Waals surface area contributed by atoms with Crippen molar-refractivity contribution in [3.63, 3.8) is 0 Å². The molecular weight excluding hydrogens is 372 g/mol. The summed E-state index contributed by atoms with van der Waals surface area (Å²) in [6.45, 7) is 12.5. The largest absolute Gasteiger partial charge is 0.491 e. The van der Waals surface area contributed by atoms with Crippen molar-refractivity contribution in [3.8, 4) is 17.2 Å². The molecule has 0 amide bonds. The Morgan fingerprint density at radius 3 is 1.83 bits per heavy atom. The molecule has 3 heteroatoms. The van der Waals surface area contributed by atoms with Gasteiger partial charge >= 0.3 is 0 Å². The average Bonchev–Trinajstić information content (AvgIpc) is 2.69. The molecule has 0 aliphatic carbocycles. The molecule has 0 unspecified atom stereocenters. The van der Waals surface area contributed by atoms with E-state index in [1.165, 1.54) is 5.56 Å². The molecule has 0 N–H and O–H groups in total. The molecule has 0 saturated carbocycles. The minimum Gasteiger partial charge on any atom is -0.491 e. The Hall–Kier alpha value is -3.07. The summed E-state index contributed by atoms with van der Waals surface area (Å²) in [6.07, 6.45) is 0.130. The van der Waals surface area contributed by atoms with Crippen molar-refractivity contribution in [1.29, 1.82) is 0 Å². The summed E-state index contributed by atoms with van der Waals surface area (Å²) in [5, 5.41) is 0. The molecule has 0 bridgehead atoms. The van der Waals surface area contributed by atoms with Crippen molar-refractivity contribution in [2.75, 3.05) is 0 Å². The lowest BCUT2D eigenvalue weighted by Gasteiger charge is -2.19. The highest BCUT2D eigenvalue weighted by Gasteiger charge is 2.15. The molecule has 0 spiro atoms. The maximum absolute atomic E-state index is 12.8. The first kappa shape index (κ1) is 21.6. The first-order valence-electron chi connectivity index (χ1n) is 10.3. The smallest absolute Gasteiger partial charge is 0.193 e. The van der Waals surface area contributed by atoms with E-state index in [0.29, 0.717) is 16.9 Å². The van der Waals surface area contributed by atoms with Gasteiger partial charge in [0, 0.05) is 11.1 Å². The molecule has 30 heavy (non-hydrogen) atoms. The molecule has 0 heterocycles. The lowest BCUT2D eigenvalue weighted by Crippen LogP contribution is -2.11. The Kier molecular flexibility index (Phi) is 6.31. The summed E-state index contributed by atoms with van der Waals surface area (Å²) >= 11 is 0. The van der Waals surface area contributed by atoms with E-state index in [1.807, 2.05) is 75.4 Å². The van der Waals surface area contributed by atoms with Crippen LogP contribution in [0, 0.1) is 6.92 Å². The standard InChI is InChI=1S/C27H30O3/c1-18(2)29-24-15-16-25(19(3)17-24)30-23-13-9-21(10-14-23)26(28)20-7-11-22(12-8-20)27(4,5)6/h7-18H,1-6H3. The molecule has 3 rings (SSSR count). The first-order valence-corrected chi connectivity index (χ1v) is 10.3. The van der Waals surface area contributed by atoms with E-state index < -0.39 is 0 Å². The van der Waals surface area contributed by atoms with E-state index in [4.69, 9.17) is 9.47 Å². The molecule has 3 aromatic rings. The van der Waals surface area contributed by atoms with Crippen molar-refractivity contribution in [2.45, 2.75) is 53.1 Å². The number of hydrogen-bond acceptors (Lipinski definition) is 3. The van der Waals surface area contributed by atoms with Crippen LogP contribution in [0.1, 0.15) is 61.7 Å². The molecule has 0 aliphatic heterocycles. The lowest BCUT2D eigenvalue weighted by atomic mass is 9.86. The minimum absolute atomic E-state index is 0.00776. The van der Waals surface area contributed by atoms with E-state index in [0.717, 1.165) is 17.1 Å². The fourth-order valence-corrected chi connectivity index (χ4v) is 3.17. The van der Waals surface area contributed by atoms with Gasteiger partial charge in [-0.05, 0) is 79.8 Å². The Morgan fingerprint density at radius 2 is 1.33 bits per heavy atom. The second-order valence-corrected chi connectivity index (χ2v) is 8.88. The number of rotatable bonds is 6. The fourth-order valence-electron chi connectivity index (χ4n) is 3.17. The zero-order valence-electron chi connectivity index (χ0n) is 18.7. The summed E-state index contributed by atoms with van der Waals surface area (Å²) in [5.41, 5.74) is 3.60. The van der Waals surface area contributed by atoms with Crippen molar-refractivity contribution < 1.29 is 14.3 Å². The molecule has 0 fully saturated rings. The second-order valence-electron chi connectivity index (χ2n) is 8.88. The van der Waals surface area contributed by atoms with Crippen LogP contribution in [0.4, 0.5) is 0 Å². The summed E-state index contributed by atoms with van der Waals surface area (Å²) in [5.74, 6) is 2.29. The zero-order valence-corrected chi connectivity index (χ0v) is 18.7. The quantitative estimate of drug-likeness (QED) is 0.412. The molecule has 3 nitrogen and oxygen atoms in total. The van der Waals surface area contributed by atoms with Crippen LogP contribution in [0.5, 0.6) is 17.2 Å². The Balaban J connectivity index is 1.71. The van der Waals surface area contributed by atoms with Crippen LogP contribution in [0.2, 0.25) is 0 Å². The van der Waals surface area contributed by atoms with Crippen LogP contribution < -0.4 is 9.47 Å². The monoisotopic (exact) mass is 402 g/mol. The van der Waals surface area contributed by atoms with E-state index in [1.54, 1.807) is 12.1 Å². The van der Waals surface area contributed by atoms with Crippen molar-refractivity contribution >= 4 is 5.78 Å². The van der Waals surface area contributed by atoms with Crippen LogP contribution in [0.3, 0.4) is 0 Å². The van der Waals surface area contributed by atoms with Gasteiger partial charge in [0.15, 0.2) is 5.78 Å². The van der Waals surface area contributed by atoms with Gasteiger partial charge in [-0.1, -0.05) is 45.0 Å². The Bertz CT molecular complexity index is 1010. The summed E-state index contributed by atoms with van der Waals surface area (Å²) < 4.78 is 11.7. The Labute approximate surface area is 179 Å². The van der Waals surface area contributed by atoms with Gasteiger partial charge in [0.25, 0.3) is 0 Å². The highest BCUT2D eigenvalue weighted by atomic mass is 16.5.